The third kappa shape index (κ3) is 3.21. The number of fused-ring (bicyclic) bond motifs is 2. The highest BCUT2D eigenvalue weighted by Crippen LogP contribution is 2.32. The van der Waals surface area contributed by atoms with Crippen molar-refractivity contribution in [3.05, 3.63) is 62.4 Å². The van der Waals surface area contributed by atoms with E-state index in [9.17, 15) is 23.2 Å². The summed E-state index contributed by atoms with van der Waals surface area (Å²) in [6.07, 6.45) is 6.38. The van der Waals surface area contributed by atoms with Gasteiger partial charge in [-0.25, -0.2) is 13.2 Å². The zero-order chi connectivity index (χ0) is 22.6. The molecule has 0 amide bonds. The van der Waals surface area contributed by atoms with Crippen LogP contribution in [0.5, 0.6) is 0 Å². The lowest BCUT2D eigenvalue weighted by Crippen LogP contribution is -2.33. The molecule has 2 aromatic carbocycles. The molecular formula is C21H19ClN4O5S. The van der Waals surface area contributed by atoms with Gasteiger partial charge >= 0.3 is 5.69 Å². The van der Waals surface area contributed by atoms with Gasteiger partial charge in [0.1, 0.15) is 0 Å². The fourth-order valence-corrected chi connectivity index (χ4v) is 5.76. The van der Waals surface area contributed by atoms with E-state index in [-0.39, 0.29) is 30.4 Å². The third-order valence-electron chi connectivity index (χ3n) is 6.14. The summed E-state index contributed by atoms with van der Waals surface area (Å²) in [4.78, 5) is 26.2. The minimum Gasteiger partial charge on any atom is -0.421 e. The largest absolute Gasteiger partial charge is 0.421 e. The summed E-state index contributed by atoms with van der Waals surface area (Å²) < 4.78 is 28.7. The van der Waals surface area contributed by atoms with Crippen molar-refractivity contribution >= 4 is 43.2 Å². The number of hydrogen-bond donors (Lipinski definition) is 2. The maximum atomic E-state index is 13.5. The first-order valence-corrected chi connectivity index (χ1v) is 12.0. The van der Waals surface area contributed by atoms with Crippen molar-refractivity contribution < 1.29 is 13.6 Å². The molecule has 2 N–H and O–H groups in total. The maximum Gasteiger partial charge on any atom is 0.362 e. The summed E-state index contributed by atoms with van der Waals surface area (Å²) >= 11 is 6.06. The minimum atomic E-state index is -4.14. The Bertz CT molecular complexity index is 1600. The first-order chi connectivity index (χ1) is 15.3. The van der Waals surface area contributed by atoms with Crippen LogP contribution >= 0.6 is 11.6 Å². The Balaban J connectivity index is 1.65. The lowest BCUT2D eigenvalue weighted by molar-refractivity contribution is 0.162. The first kappa shape index (κ1) is 20.8. The second kappa shape index (κ2) is 7.49. The molecule has 32 heavy (non-hydrogen) atoms. The molecule has 1 fully saturated rings. The van der Waals surface area contributed by atoms with Crippen LogP contribution in [-0.2, 0) is 16.4 Å². The van der Waals surface area contributed by atoms with Crippen molar-refractivity contribution in [2.75, 3.05) is 0 Å². The Kier molecular flexibility index (Phi) is 4.86. The molecular weight excluding hydrogens is 456 g/mol. The lowest BCUT2D eigenvalue weighted by atomic mass is 9.83. The van der Waals surface area contributed by atoms with Crippen molar-refractivity contribution in [1.29, 1.82) is 0 Å². The van der Waals surface area contributed by atoms with Gasteiger partial charge in [-0.15, -0.1) is 0 Å². The highest BCUT2D eigenvalue weighted by molar-refractivity contribution is 7.91. The zero-order valence-electron chi connectivity index (χ0n) is 16.8. The lowest BCUT2D eigenvalue weighted by Gasteiger charge is -2.25. The zero-order valence-corrected chi connectivity index (χ0v) is 18.4. The van der Waals surface area contributed by atoms with Crippen molar-refractivity contribution in [3.8, 4) is 0 Å². The van der Waals surface area contributed by atoms with Gasteiger partial charge < -0.3 is 10.2 Å². The Hall–Kier alpha value is -3.11. The average Bonchev–Trinajstić information content (AvgIpc) is 3.13. The van der Waals surface area contributed by atoms with E-state index in [0.717, 1.165) is 11.8 Å². The van der Waals surface area contributed by atoms with E-state index in [1.807, 2.05) is 0 Å². The number of hydrogen-bond acceptors (Lipinski definition) is 6. The van der Waals surface area contributed by atoms with E-state index in [4.69, 9.17) is 11.6 Å². The quantitative estimate of drug-likeness (QED) is 0.428. The number of aromatic amines is 1. The molecule has 166 valence electrons. The van der Waals surface area contributed by atoms with E-state index >= 15 is 0 Å². The number of benzene rings is 2. The fourth-order valence-electron chi connectivity index (χ4n) is 4.08. The number of nitrogens with zero attached hydrogens (tertiary/aromatic N) is 3. The summed E-state index contributed by atoms with van der Waals surface area (Å²) in [5.74, 6) is 0.689. The van der Waals surface area contributed by atoms with Gasteiger partial charge in [-0.2, -0.15) is 5.10 Å². The third-order valence-corrected chi connectivity index (χ3v) is 8.25. The molecule has 0 spiro atoms. The first-order valence-electron chi connectivity index (χ1n) is 10.1. The molecule has 9 nitrogen and oxygen atoms in total. The van der Waals surface area contributed by atoms with Crippen LogP contribution < -0.4 is 11.2 Å². The predicted octanol–water partition coefficient (Wildman–Crippen LogP) is 2.95. The van der Waals surface area contributed by atoms with Crippen LogP contribution in [0.1, 0.15) is 25.7 Å². The van der Waals surface area contributed by atoms with Gasteiger partial charge in [0.25, 0.3) is 5.56 Å². The van der Waals surface area contributed by atoms with Gasteiger partial charge in [0.15, 0.2) is 0 Å². The van der Waals surface area contributed by atoms with Crippen LogP contribution in [-0.4, -0.2) is 33.1 Å². The highest BCUT2D eigenvalue weighted by atomic mass is 35.5. The summed E-state index contributed by atoms with van der Waals surface area (Å²) in [7, 11) is -4.14. The molecule has 0 atom stereocenters. The molecule has 5 rings (SSSR count). The highest BCUT2D eigenvalue weighted by Gasteiger charge is 2.25. The predicted molar refractivity (Wildman–Crippen MR) is 118 cm³/mol. The van der Waals surface area contributed by atoms with Crippen molar-refractivity contribution in [2.24, 2.45) is 5.92 Å². The molecule has 2 aromatic heterocycles. The topological polar surface area (TPSA) is 127 Å². The maximum absolute atomic E-state index is 13.5. The molecule has 11 heteroatoms. The van der Waals surface area contributed by atoms with Gasteiger partial charge in [-0.05, 0) is 42.7 Å². The molecule has 0 bridgehead atoms. The fraction of sp³-hybridized carbons (Fsp3) is 0.286. The molecule has 2 heterocycles. The van der Waals surface area contributed by atoms with Crippen LogP contribution in [0.25, 0.3) is 21.8 Å². The van der Waals surface area contributed by atoms with Crippen LogP contribution in [0.2, 0.25) is 5.02 Å². The van der Waals surface area contributed by atoms with Gasteiger partial charge in [0.05, 0.1) is 37.4 Å². The van der Waals surface area contributed by atoms with E-state index in [1.54, 1.807) is 23.0 Å². The molecule has 0 unspecified atom stereocenters. The van der Waals surface area contributed by atoms with Gasteiger partial charge in [-0.3, -0.25) is 9.48 Å². The van der Waals surface area contributed by atoms with Crippen molar-refractivity contribution in [3.63, 3.8) is 0 Å². The summed E-state index contributed by atoms with van der Waals surface area (Å²) in [5, 5.41) is 14.5. The molecule has 0 aliphatic heterocycles. The number of H-pyrrole nitrogens is 1. The van der Waals surface area contributed by atoms with Crippen LogP contribution in [0, 0.1) is 5.92 Å². The average molecular weight is 475 g/mol. The summed E-state index contributed by atoms with van der Waals surface area (Å²) in [5.41, 5.74) is -1.83. The number of halogens is 1. The number of sulfone groups is 1. The van der Waals surface area contributed by atoms with E-state index in [0.29, 0.717) is 18.0 Å². The van der Waals surface area contributed by atoms with Gasteiger partial charge in [-0.1, -0.05) is 35.6 Å². The summed E-state index contributed by atoms with van der Waals surface area (Å²) in [6, 6.07) is 7.16. The molecule has 1 aliphatic carbocycles. The number of aryl methyl sites for hydroxylation is 1. The molecule has 4 aromatic rings. The van der Waals surface area contributed by atoms with E-state index in [1.165, 1.54) is 37.5 Å². The Labute approximate surface area is 186 Å². The van der Waals surface area contributed by atoms with Crippen LogP contribution in [0.4, 0.5) is 0 Å². The Morgan fingerprint density at radius 2 is 1.97 bits per heavy atom. The normalized spacial score (nSPS) is 14.8. The molecule has 1 aliphatic rings. The Morgan fingerprint density at radius 1 is 1.19 bits per heavy atom. The van der Waals surface area contributed by atoms with Crippen molar-refractivity contribution in [1.82, 2.24) is 19.5 Å². The molecule has 1 saturated carbocycles. The Morgan fingerprint density at radius 3 is 2.69 bits per heavy atom. The number of aromatic nitrogens is 4. The van der Waals surface area contributed by atoms with E-state index in [2.05, 4.69) is 10.1 Å². The van der Waals surface area contributed by atoms with Gasteiger partial charge in [0, 0.05) is 11.9 Å². The van der Waals surface area contributed by atoms with Crippen molar-refractivity contribution in [2.45, 2.75) is 42.0 Å². The van der Waals surface area contributed by atoms with Crippen LogP contribution in [0.15, 0.2) is 55.9 Å². The minimum absolute atomic E-state index is 0.00644. The monoisotopic (exact) mass is 474 g/mol. The van der Waals surface area contributed by atoms with E-state index < -0.39 is 21.1 Å². The standard InChI is InChI=1S/C21H19ClN4O5S/c22-15-6-7-17(19-18(15)20(27)26(29)21(28)24-19)32(30,31)14-5-4-13-11-23-25(16(13)10-14)9-8-12-2-1-3-12/h4-7,10-12,29H,1-3,8-9H2,(H,24,28). The van der Waals surface area contributed by atoms with Crippen LogP contribution in [0.3, 0.4) is 0 Å². The second-order valence-corrected chi connectivity index (χ2v) is 10.3. The summed E-state index contributed by atoms with van der Waals surface area (Å²) in [6.45, 7) is 0.699. The SMILES string of the molecule is O=c1[nH]c2c(S(=O)(=O)c3ccc4cnn(CCC5CCC5)c4c3)ccc(Cl)c2c(=O)n1O. The molecule has 0 saturated heterocycles. The second-order valence-electron chi connectivity index (χ2n) is 8.02. The van der Waals surface area contributed by atoms with Gasteiger partial charge in [0.2, 0.25) is 9.84 Å². The number of nitrogens with one attached hydrogen (secondary N) is 1. The smallest absolute Gasteiger partial charge is 0.362 e. The molecule has 0 radical (unpaired) electrons. The number of rotatable bonds is 5.